The molecule has 1 heterocycles. The zero-order valence-corrected chi connectivity index (χ0v) is 12.3. The Morgan fingerprint density at radius 1 is 1.55 bits per heavy atom. The van der Waals surface area contributed by atoms with Gasteiger partial charge in [0.2, 0.25) is 0 Å². The van der Waals surface area contributed by atoms with Crippen LogP contribution in [0.15, 0.2) is 23.0 Å². The van der Waals surface area contributed by atoms with Gasteiger partial charge in [-0.1, -0.05) is 18.5 Å². The van der Waals surface area contributed by atoms with Gasteiger partial charge in [0.15, 0.2) is 0 Å². The number of H-pyrrole nitrogens is 1. The number of carboxylic acids is 1. The van der Waals surface area contributed by atoms with Crippen molar-refractivity contribution in [2.75, 3.05) is 0 Å². The van der Waals surface area contributed by atoms with Crippen LogP contribution < -0.4 is 5.56 Å². The molecule has 2 N–H and O–H groups in total. The number of halogens is 1. The van der Waals surface area contributed by atoms with Gasteiger partial charge in [-0.25, -0.2) is 4.98 Å². The van der Waals surface area contributed by atoms with Crippen LogP contribution in [0.4, 0.5) is 0 Å². The predicted molar refractivity (Wildman–Crippen MR) is 80.4 cm³/mol. The number of hydrogen-bond donors (Lipinski definition) is 2. The molecule has 0 saturated heterocycles. The second-order valence-electron chi connectivity index (χ2n) is 4.22. The first-order valence-corrected chi connectivity index (χ1v) is 7.46. The van der Waals surface area contributed by atoms with Crippen LogP contribution >= 0.6 is 23.4 Å². The first-order valence-electron chi connectivity index (χ1n) is 6.04. The van der Waals surface area contributed by atoms with E-state index in [9.17, 15) is 9.59 Å². The van der Waals surface area contributed by atoms with Gasteiger partial charge in [0.25, 0.3) is 5.56 Å². The van der Waals surface area contributed by atoms with Gasteiger partial charge in [0, 0.05) is 5.02 Å². The Bertz CT molecular complexity index is 702. The van der Waals surface area contributed by atoms with Crippen molar-refractivity contribution in [2.24, 2.45) is 0 Å². The Balaban J connectivity index is 2.26. The zero-order valence-electron chi connectivity index (χ0n) is 10.7. The van der Waals surface area contributed by atoms with E-state index in [2.05, 4.69) is 9.97 Å². The molecular weight excluding hydrogens is 300 g/mol. The summed E-state index contributed by atoms with van der Waals surface area (Å²) in [6.07, 6.45) is 0.521. The normalized spacial score (nSPS) is 12.5. The Morgan fingerprint density at radius 3 is 2.95 bits per heavy atom. The molecule has 0 amide bonds. The molecule has 0 fully saturated rings. The number of nitrogens with zero attached hydrogens (tertiary/aromatic N) is 1. The summed E-state index contributed by atoms with van der Waals surface area (Å²) in [5.41, 5.74) is 0.286. The Morgan fingerprint density at radius 2 is 2.30 bits per heavy atom. The Kier molecular flexibility index (Phi) is 4.67. The molecule has 20 heavy (non-hydrogen) atoms. The second-order valence-corrected chi connectivity index (χ2v) is 5.85. The molecule has 0 radical (unpaired) electrons. The molecule has 1 atom stereocenters. The lowest BCUT2D eigenvalue weighted by Gasteiger charge is -2.09. The number of aliphatic carboxylic acids is 1. The van der Waals surface area contributed by atoms with E-state index in [1.54, 1.807) is 18.2 Å². The SMILES string of the molecule is CCC(SCc1nc2ccc(Cl)cc2c(=O)[nH]1)C(=O)O. The zero-order chi connectivity index (χ0) is 14.7. The first kappa shape index (κ1) is 14.9. The number of hydrogen-bond acceptors (Lipinski definition) is 4. The standard InChI is InChI=1S/C13H13ClN2O3S/c1-2-10(13(18)19)20-6-11-15-9-4-3-7(14)5-8(9)12(17)16-11/h3-5,10H,2,6H2,1H3,(H,18,19)(H,15,16,17). The molecule has 7 heteroatoms. The molecule has 0 aliphatic heterocycles. The maximum absolute atomic E-state index is 11.9. The van der Waals surface area contributed by atoms with Gasteiger partial charge in [-0.3, -0.25) is 9.59 Å². The summed E-state index contributed by atoms with van der Waals surface area (Å²) in [6.45, 7) is 1.81. The fourth-order valence-electron chi connectivity index (χ4n) is 1.77. The third-order valence-electron chi connectivity index (χ3n) is 2.78. The highest BCUT2D eigenvalue weighted by Gasteiger charge is 2.16. The van der Waals surface area contributed by atoms with E-state index in [0.717, 1.165) is 0 Å². The van der Waals surface area contributed by atoms with Crippen LogP contribution in [0.5, 0.6) is 0 Å². The number of carboxylic acid groups (broad SMARTS) is 1. The van der Waals surface area contributed by atoms with Crippen LogP contribution in [0.25, 0.3) is 10.9 Å². The van der Waals surface area contributed by atoms with E-state index in [0.29, 0.717) is 33.9 Å². The fourth-order valence-corrected chi connectivity index (χ4v) is 2.82. The molecule has 106 valence electrons. The van der Waals surface area contributed by atoms with E-state index >= 15 is 0 Å². The van der Waals surface area contributed by atoms with Crippen molar-refractivity contribution in [2.45, 2.75) is 24.3 Å². The molecule has 0 saturated carbocycles. The highest BCUT2D eigenvalue weighted by atomic mass is 35.5. The Labute approximate surface area is 124 Å². The van der Waals surface area contributed by atoms with Crippen molar-refractivity contribution < 1.29 is 9.90 Å². The van der Waals surface area contributed by atoms with Crippen LogP contribution in [-0.2, 0) is 10.5 Å². The maximum atomic E-state index is 11.9. The highest BCUT2D eigenvalue weighted by Crippen LogP contribution is 2.20. The van der Waals surface area contributed by atoms with Crippen molar-refractivity contribution >= 4 is 40.2 Å². The summed E-state index contributed by atoms with van der Waals surface area (Å²) >= 11 is 7.08. The summed E-state index contributed by atoms with van der Waals surface area (Å²) in [6, 6.07) is 4.90. The largest absolute Gasteiger partial charge is 0.480 e. The van der Waals surface area contributed by atoms with Crippen molar-refractivity contribution in [3.05, 3.63) is 39.4 Å². The summed E-state index contributed by atoms with van der Waals surface area (Å²) in [7, 11) is 0. The predicted octanol–water partition coefficient (Wildman–Crippen LogP) is 2.67. The van der Waals surface area contributed by atoms with Gasteiger partial charge in [-0.2, -0.15) is 0 Å². The minimum Gasteiger partial charge on any atom is -0.480 e. The highest BCUT2D eigenvalue weighted by molar-refractivity contribution is 7.99. The van der Waals surface area contributed by atoms with Crippen molar-refractivity contribution in [3.63, 3.8) is 0 Å². The topological polar surface area (TPSA) is 83.0 Å². The number of aromatic amines is 1. The lowest BCUT2D eigenvalue weighted by atomic mass is 10.2. The van der Waals surface area contributed by atoms with E-state index in [1.807, 2.05) is 6.92 Å². The summed E-state index contributed by atoms with van der Waals surface area (Å²) in [5.74, 6) is -0.0412. The monoisotopic (exact) mass is 312 g/mol. The summed E-state index contributed by atoms with van der Waals surface area (Å²) in [5, 5.41) is 9.38. The second kappa shape index (κ2) is 6.28. The van der Waals surface area contributed by atoms with E-state index in [1.165, 1.54) is 11.8 Å². The molecule has 2 aromatic rings. The number of thioether (sulfide) groups is 1. The van der Waals surface area contributed by atoms with Crippen molar-refractivity contribution in [3.8, 4) is 0 Å². The number of rotatable bonds is 5. The summed E-state index contributed by atoms with van der Waals surface area (Å²) in [4.78, 5) is 29.8. The van der Waals surface area contributed by atoms with Gasteiger partial charge in [-0.05, 0) is 24.6 Å². The van der Waals surface area contributed by atoms with Crippen LogP contribution in [0.3, 0.4) is 0 Å². The number of nitrogens with one attached hydrogen (secondary N) is 1. The van der Waals surface area contributed by atoms with Gasteiger partial charge < -0.3 is 10.1 Å². The number of benzene rings is 1. The van der Waals surface area contributed by atoms with Crippen LogP contribution in [0.2, 0.25) is 5.02 Å². The number of aromatic nitrogens is 2. The molecule has 1 unspecified atom stereocenters. The van der Waals surface area contributed by atoms with Gasteiger partial charge >= 0.3 is 5.97 Å². The average molecular weight is 313 g/mol. The molecule has 0 aliphatic rings. The van der Waals surface area contributed by atoms with E-state index in [-0.39, 0.29) is 5.56 Å². The van der Waals surface area contributed by atoms with Gasteiger partial charge in [-0.15, -0.1) is 11.8 Å². The van der Waals surface area contributed by atoms with Crippen LogP contribution in [-0.4, -0.2) is 26.3 Å². The van der Waals surface area contributed by atoms with E-state index < -0.39 is 11.2 Å². The molecule has 0 bridgehead atoms. The lowest BCUT2D eigenvalue weighted by molar-refractivity contribution is -0.136. The van der Waals surface area contributed by atoms with Crippen LogP contribution in [0.1, 0.15) is 19.2 Å². The van der Waals surface area contributed by atoms with Crippen LogP contribution in [0, 0.1) is 0 Å². The Hall–Kier alpha value is -1.53. The molecular formula is C13H13ClN2O3S. The fraction of sp³-hybridized carbons (Fsp3) is 0.308. The smallest absolute Gasteiger partial charge is 0.316 e. The molecule has 2 rings (SSSR count). The molecule has 0 aliphatic carbocycles. The number of fused-ring (bicyclic) bond motifs is 1. The third kappa shape index (κ3) is 3.32. The maximum Gasteiger partial charge on any atom is 0.316 e. The van der Waals surface area contributed by atoms with Gasteiger partial charge in [0.1, 0.15) is 11.1 Å². The van der Waals surface area contributed by atoms with E-state index in [4.69, 9.17) is 16.7 Å². The minimum atomic E-state index is -0.854. The summed E-state index contributed by atoms with van der Waals surface area (Å²) < 4.78 is 0. The third-order valence-corrected chi connectivity index (χ3v) is 4.40. The number of carbonyl (C=O) groups is 1. The molecule has 1 aromatic heterocycles. The minimum absolute atomic E-state index is 0.267. The quantitative estimate of drug-likeness (QED) is 0.887. The molecule has 1 aromatic carbocycles. The first-order chi connectivity index (χ1) is 9.51. The van der Waals surface area contributed by atoms with Gasteiger partial charge in [0.05, 0.1) is 16.7 Å². The van der Waals surface area contributed by atoms with Crippen molar-refractivity contribution in [1.29, 1.82) is 0 Å². The van der Waals surface area contributed by atoms with Crippen molar-refractivity contribution in [1.82, 2.24) is 9.97 Å². The average Bonchev–Trinajstić information content (AvgIpc) is 2.40. The molecule has 5 nitrogen and oxygen atoms in total. The lowest BCUT2D eigenvalue weighted by Crippen LogP contribution is -2.17. The molecule has 0 spiro atoms.